The number of benzene rings is 1. The molecule has 0 bridgehead atoms. The van der Waals surface area contributed by atoms with Gasteiger partial charge in [0.25, 0.3) is 5.91 Å². The molecule has 3 aromatic rings. The van der Waals surface area contributed by atoms with Crippen LogP contribution in [0, 0.1) is 0 Å². The van der Waals surface area contributed by atoms with Crippen molar-refractivity contribution < 1.29 is 14.3 Å². The van der Waals surface area contributed by atoms with Gasteiger partial charge in [0, 0.05) is 23.4 Å². The minimum absolute atomic E-state index is 0.0951. The largest absolute Gasteiger partial charge is 0.448 e. The second-order valence-corrected chi connectivity index (χ2v) is 7.67. The first-order valence-corrected chi connectivity index (χ1v) is 10.2. The Hall–Kier alpha value is -3.42. The number of carbonyl (C=O) groups excluding carboxylic acids is 2. The smallest absolute Gasteiger partial charge is 0.359 e. The number of hydrogen-bond acceptors (Lipinski definition) is 5. The second-order valence-electron chi connectivity index (χ2n) is 7.67. The summed E-state index contributed by atoms with van der Waals surface area (Å²) in [7, 11) is 0. The molecule has 1 unspecified atom stereocenters. The van der Waals surface area contributed by atoms with Crippen molar-refractivity contribution >= 4 is 17.7 Å². The number of nitrogens with zero attached hydrogens (tertiary/aromatic N) is 4. The first-order valence-electron chi connectivity index (χ1n) is 10.2. The van der Waals surface area contributed by atoms with Crippen LogP contribution >= 0.6 is 0 Å². The van der Waals surface area contributed by atoms with Gasteiger partial charge in [0.2, 0.25) is 0 Å². The van der Waals surface area contributed by atoms with E-state index >= 15 is 0 Å². The minimum atomic E-state index is -0.966. The van der Waals surface area contributed by atoms with Gasteiger partial charge < -0.3 is 10.1 Å². The topological polar surface area (TPSA) is 91.0 Å². The molecule has 0 aliphatic heterocycles. The van der Waals surface area contributed by atoms with Crippen LogP contribution in [0.25, 0.3) is 5.69 Å². The van der Waals surface area contributed by atoms with Crippen molar-refractivity contribution in [3.63, 3.8) is 0 Å². The van der Waals surface area contributed by atoms with Gasteiger partial charge in [0.05, 0.1) is 11.9 Å². The van der Waals surface area contributed by atoms with E-state index in [0.29, 0.717) is 11.5 Å². The highest BCUT2D eigenvalue weighted by Crippen LogP contribution is 2.28. The highest BCUT2D eigenvalue weighted by atomic mass is 16.5. The molecule has 8 heteroatoms. The minimum Gasteiger partial charge on any atom is -0.448 e. The molecule has 2 heterocycles. The van der Waals surface area contributed by atoms with E-state index in [1.807, 2.05) is 48.9 Å². The lowest BCUT2D eigenvalue weighted by Gasteiger charge is -2.15. The zero-order valence-corrected chi connectivity index (χ0v) is 17.3. The number of hydrogen-bond donors (Lipinski definition) is 1. The number of amides is 1. The van der Waals surface area contributed by atoms with Crippen molar-refractivity contribution in [1.29, 1.82) is 0 Å². The molecule has 1 N–H and O–H groups in total. The fourth-order valence-electron chi connectivity index (χ4n) is 3.71. The average Bonchev–Trinajstić information content (AvgIpc) is 3.44. The van der Waals surface area contributed by atoms with Gasteiger partial charge in [-0.25, -0.2) is 14.2 Å². The Bertz CT molecular complexity index is 1070. The Morgan fingerprint density at radius 1 is 1.10 bits per heavy atom. The van der Waals surface area contributed by atoms with Crippen LogP contribution in [0.15, 0.2) is 42.6 Å². The van der Waals surface area contributed by atoms with Crippen molar-refractivity contribution in [3.8, 4) is 5.69 Å². The summed E-state index contributed by atoms with van der Waals surface area (Å²) >= 11 is 0. The molecule has 1 aliphatic carbocycles. The summed E-state index contributed by atoms with van der Waals surface area (Å²) in [6.45, 7) is 5.49. The third-order valence-corrected chi connectivity index (χ3v) is 5.19. The summed E-state index contributed by atoms with van der Waals surface area (Å²) in [5.41, 5.74) is 3.14. The fourth-order valence-corrected chi connectivity index (χ4v) is 3.71. The Balaban J connectivity index is 1.50. The lowest BCUT2D eigenvalue weighted by Crippen LogP contribution is -2.31. The Morgan fingerprint density at radius 3 is 2.60 bits per heavy atom. The normalized spacial score (nSPS) is 13.9. The molecule has 1 aliphatic rings. The van der Waals surface area contributed by atoms with Gasteiger partial charge in [-0.3, -0.25) is 4.79 Å². The lowest BCUT2D eigenvalue weighted by molar-refractivity contribution is -0.123. The fraction of sp³-hybridized carbons (Fsp3) is 0.364. The van der Waals surface area contributed by atoms with Gasteiger partial charge >= 0.3 is 5.97 Å². The van der Waals surface area contributed by atoms with Crippen LogP contribution in [-0.2, 0) is 22.4 Å². The first kappa shape index (κ1) is 19.9. The second kappa shape index (κ2) is 8.14. The maximum atomic E-state index is 12.8. The van der Waals surface area contributed by atoms with Crippen LogP contribution in [0.3, 0.4) is 0 Å². The number of aromatic nitrogens is 4. The Morgan fingerprint density at radius 2 is 1.87 bits per heavy atom. The lowest BCUT2D eigenvalue weighted by atomic mass is 10.2. The van der Waals surface area contributed by atoms with E-state index in [1.54, 1.807) is 23.9 Å². The van der Waals surface area contributed by atoms with Gasteiger partial charge in [-0.2, -0.15) is 10.2 Å². The molecule has 156 valence electrons. The van der Waals surface area contributed by atoms with Crippen LogP contribution in [0.2, 0.25) is 0 Å². The Kier molecular flexibility index (Phi) is 5.39. The van der Waals surface area contributed by atoms with Crippen molar-refractivity contribution in [1.82, 2.24) is 19.6 Å². The number of esters is 1. The molecule has 0 saturated heterocycles. The molecule has 30 heavy (non-hydrogen) atoms. The zero-order valence-electron chi connectivity index (χ0n) is 17.3. The summed E-state index contributed by atoms with van der Waals surface area (Å²) in [5.74, 6) is -0.431. The number of ether oxygens (including phenoxy) is 1. The summed E-state index contributed by atoms with van der Waals surface area (Å²) in [5, 5.41) is 11.5. The van der Waals surface area contributed by atoms with E-state index < -0.39 is 18.0 Å². The first-order chi connectivity index (χ1) is 14.5. The summed E-state index contributed by atoms with van der Waals surface area (Å²) in [4.78, 5) is 25.4. The van der Waals surface area contributed by atoms with E-state index in [0.717, 1.165) is 36.2 Å². The van der Waals surface area contributed by atoms with E-state index in [1.165, 1.54) is 0 Å². The van der Waals surface area contributed by atoms with Crippen LogP contribution in [0.4, 0.5) is 5.82 Å². The van der Waals surface area contributed by atoms with Crippen LogP contribution in [0.5, 0.6) is 0 Å². The molecule has 0 fully saturated rings. The Labute approximate surface area is 174 Å². The third kappa shape index (κ3) is 3.72. The number of para-hydroxylation sites is 1. The van der Waals surface area contributed by atoms with Gasteiger partial charge in [0.15, 0.2) is 11.8 Å². The molecule has 4 rings (SSSR count). The molecular weight excluding hydrogens is 382 g/mol. The number of anilines is 1. The summed E-state index contributed by atoms with van der Waals surface area (Å²) in [6, 6.07) is 11.5. The predicted molar refractivity (Wildman–Crippen MR) is 112 cm³/mol. The highest BCUT2D eigenvalue weighted by molar-refractivity contribution is 5.97. The van der Waals surface area contributed by atoms with Crippen molar-refractivity contribution in [3.05, 3.63) is 59.5 Å². The quantitative estimate of drug-likeness (QED) is 0.633. The SMILES string of the molecule is CC(OC(=O)c1nn(-c2ccccc2)c2c1CCC2)C(=O)Nc1ccnn1C(C)C. The van der Waals surface area contributed by atoms with Crippen LogP contribution in [-0.4, -0.2) is 37.5 Å². The number of carbonyl (C=O) groups is 2. The molecule has 0 saturated carbocycles. The van der Waals surface area contributed by atoms with Gasteiger partial charge in [-0.05, 0) is 52.2 Å². The van der Waals surface area contributed by atoms with Crippen LogP contribution < -0.4 is 5.32 Å². The summed E-state index contributed by atoms with van der Waals surface area (Å²) < 4.78 is 8.97. The molecule has 1 aromatic carbocycles. The standard InChI is InChI=1S/C22H25N5O3/c1-14(2)26-19(12-13-23-26)24-21(28)15(3)30-22(29)20-17-10-7-11-18(17)27(25-20)16-8-5-4-6-9-16/h4-6,8-9,12-15H,7,10-11H2,1-3H3,(H,24,28). The molecule has 1 amide bonds. The zero-order chi connectivity index (χ0) is 21.3. The maximum absolute atomic E-state index is 12.8. The van der Waals surface area contributed by atoms with Gasteiger partial charge in [-0.15, -0.1) is 0 Å². The molecule has 0 radical (unpaired) electrons. The van der Waals surface area contributed by atoms with E-state index in [4.69, 9.17) is 4.74 Å². The third-order valence-electron chi connectivity index (χ3n) is 5.19. The average molecular weight is 407 g/mol. The molecular formula is C22H25N5O3. The molecule has 0 spiro atoms. The van der Waals surface area contributed by atoms with E-state index in [-0.39, 0.29) is 6.04 Å². The van der Waals surface area contributed by atoms with E-state index in [2.05, 4.69) is 15.5 Å². The maximum Gasteiger partial charge on any atom is 0.359 e. The van der Waals surface area contributed by atoms with E-state index in [9.17, 15) is 9.59 Å². The molecule has 8 nitrogen and oxygen atoms in total. The summed E-state index contributed by atoms with van der Waals surface area (Å²) in [6.07, 6.45) is 3.26. The predicted octanol–water partition coefficient (Wildman–Crippen LogP) is 3.32. The van der Waals surface area contributed by atoms with Crippen LogP contribution in [0.1, 0.15) is 55.0 Å². The number of fused-ring (bicyclic) bond motifs is 1. The number of rotatable bonds is 6. The monoisotopic (exact) mass is 407 g/mol. The molecule has 1 atom stereocenters. The highest BCUT2D eigenvalue weighted by Gasteiger charge is 2.30. The van der Waals surface area contributed by atoms with Crippen molar-refractivity contribution in [2.75, 3.05) is 5.32 Å². The van der Waals surface area contributed by atoms with Gasteiger partial charge in [-0.1, -0.05) is 18.2 Å². The number of nitrogens with one attached hydrogen (secondary N) is 1. The van der Waals surface area contributed by atoms with Crippen molar-refractivity contribution in [2.24, 2.45) is 0 Å². The van der Waals surface area contributed by atoms with Crippen molar-refractivity contribution in [2.45, 2.75) is 52.2 Å². The molecule has 2 aromatic heterocycles. The van der Waals surface area contributed by atoms with Gasteiger partial charge in [0.1, 0.15) is 5.82 Å².